The van der Waals surface area contributed by atoms with Gasteiger partial charge in [-0.05, 0) is 49.4 Å². The lowest BCUT2D eigenvalue weighted by molar-refractivity contribution is -0.122. The van der Waals surface area contributed by atoms with Crippen LogP contribution in [0.5, 0.6) is 0 Å². The highest BCUT2D eigenvalue weighted by molar-refractivity contribution is 5.85. The van der Waals surface area contributed by atoms with Gasteiger partial charge < -0.3 is 10.6 Å². The molecule has 4 heteroatoms. The number of nitrogens with one attached hydrogen (secondary N) is 2. The van der Waals surface area contributed by atoms with Crippen LogP contribution in [0.4, 0.5) is 0 Å². The zero-order chi connectivity index (χ0) is 12.4. The lowest BCUT2D eigenvalue weighted by Gasteiger charge is -2.15. The molecule has 1 aromatic carbocycles. The number of benzene rings is 1. The van der Waals surface area contributed by atoms with Crippen LogP contribution in [-0.2, 0) is 11.2 Å². The maximum atomic E-state index is 12.0. The topological polar surface area (TPSA) is 41.1 Å². The van der Waals surface area contributed by atoms with Crippen LogP contribution in [0.15, 0.2) is 24.3 Å². The second kappa shape index (κ2) is 6.40. The van der Waals surface area contributed by atoms with Crippen LogP contribution in [0.2, 0.25) is 0 Å². The van der Waals surface area contributed by atoms with Crippen molar-refractivity contribution in [1.82, 2.24) is 10.6 Å². The van der Waals surface area contributed by atoms with Gasteiger partial charge in [0.15, 0.2) is 0 Å². The number of rotatable bonds is 3. The highest BCUT2D eigenvalue weighted by Crippen LogP contribution is 2.30. The zero-order valence-electron chi connectivity index (χ0n) is 11.0. The normalized spacial score (nSPS) is 24.6. The average Bonchev–Trinajstić information content (AvgIpc) is 3.00. The Morgan fingerprint density at radius 2 is 2.16 bits per heavy atom. The van der Waals surface area contributed by atoms with Gasteiger partial charge in [0.25, 0.3) is 0 Å². The molecule has 1 aliphatic heterocycles. The van der Waals surface area contributed by atoms with Crippen molar-refractivity contribution in [2.45, 2.75) is 31.7 Å². The summed E-state index contributed by atoms with van der Waals surface area (Å²) in [6.07, 6.45) is 3.94. The van der Waals surface area contributed by atoms with Crippen LogP contribution in [0.1, 0.15) is 36.4 Å². The van der Waals surface area contributed by atoms with Crippen LogP contribution in [0.3, 0.4) is 0 Å². The summed E-state index contributed by atoms with van der Waals surface area (Å²) in [6, 6.07) is 8.69. The van der Waals surface area contributed by atoms with Gasteiger partial charge >= 0.3 is 0 Å². The predicted octanol–water partition coefficient (Wildman–Crippen LogP) is 2.21. The molecule has 2 atom stereocenters. The van der Waals surface area contributed by atoms with Crippen molar-refractivity contribution in [3.63, 3.8) is 0 Å². The Hall–Kier alpha value is -1.06. The van der Waals surface area contributed by atoms with Gasteiger partial charge in [0.2, 0.25) is 5.91 Å². The Labute approximate surface area is 120 Å². The van der Waals surface area contributed by atoms with E-state index >= 15 is 0 Å². The van der Waals surface area contributed by atoms with E-state index < -0.39 is 0 Å². The fourth-order valence-corrected chi connectivity index (χ4v) is 3.11. The van der Waals surface area contributed by atoms with Gasteiger partial charge in [-0.1, -0.05) is 24.3 Å². The summed E-state index contributed by atoms with van der Waals surface area (Å²) in [5.74, 6) is 0.743. The predicted molar refractivity (Wildman–Crippen MR) is 78.5 cm³/mol. The third kappa shape index (κ3) is 3.28. The van der Waals surface area contributed by atoms with E-state index in [-0.39, 0.29) is 24.4 Å². The molecule has 1 aliphatic carbocycles. The van der Waals surface area contributed by atoms with Crippen LogP contribution in [0.25, 0.3) is 0 Å². The highest BCUT2D eigenvalue weighted by Gasteiger charge is 2.25. The van der Waals surface area contributed by atoms with E-state index in [1.807, 2.05) is 0 Å². The summed E-state index contributed by atoms with van der Waals surface area (Å²) in [6.45, 7) is 2.05. The third-order valence-electron chi connectivity index (χ3n) is 4.10. The lowest BCUT2D eigenvalue weighted by atomic mass is 10.0. The number of halogens is 1. The molecule has 1 aromatic rings. The monoisotopic (exact) mass is 280 g/mol. The molecule has 2 N–H and O–H groups in total. The van der Waals surface area contributed by atoms with E-state index in [2.05, 4.69) is 34.9 Å². The Balaban J connectivity index is 0.00000133. The molecule has 0 bridgehead atoms. The van der Waals surface area contributed by atoms with Gasteiger partial charge in [-0.15, -0.1) is 12.4 Å². The van der Waals surface area contributed by atoms with Gasteiger partial charge in [0.05, 0.1) is 6.04 Å². The van der Waals surface area contributed by atoms with E-state index in [1.165, 1.54) is 11.1 Å². The summed E-state index contributed by atoms with van der Waals surface area (Å²) >= 11 is 0. The van der Waals surface area contributed by atoms with E-state index in [0.717, 1.165) is 32.4 Å². The molecule has 1 heterocycles. The fourth-order valence-electron chi connectivity index (χ4n) is 3.11. The minimum atomic E-state index is 0. The zero-order valence-corrected chi connectivity index (χ0v) is 11.8. The summed E-state index contributed by atoms with van der Waals surface area (Å²) in [7, 11) is 0. The largest absolute Gasteiger partial charge is 0.349 e. The van der Waals surface area contributed by atoms with E-state index in [9.17, 15) is 4.79 Å². The Bertz CT molecular complexity index is 444. The number of hydrogen-bond acceptors (Lipinski definition) is 2. The van der Waals surface area contributed by atoms with Crippen LogP contribution in [-0.4, -0.2) is 19.0 Å². The molecule has 0 radical (unpaired) electrons. The number of hydrogen-bond donors (Lipinski definition) is 2. The van der Waals surface area contributed by atoms with Crippen LogP contribution >= 0.6 is 12.4 Å². The van der Waals surface area contributed by atoms with Crippen LogP contribution in [0, 0.1) is 5.92 Å². The molecule has 3 nitrogen and oxygen atoms in total. The number of fused-ring (bicyclic) bond motifs is 1. The molecule has 3 rings (SSSR count). The quantitative estimate of drug-likeness (QED) is 0.891. The van der Waals surface area contributed by atoms with Crippen LogP contribution < -0.4 is 10.6 Å². The van der Waals surface area contributed by atoms with Crippen molar-refractivity contribution in [1.29, 1.82) is 0 Å². The summed E-state index contributed by atoms with van der Waals surface area (Å²) in [5, 5.41) is 6.50. The van der Waals surface area contributed by atoms with Gasteiger partial charge in [0, 0.05) is 6.42 Å². The van der Waals surface area contributed by atoms with Gasteiger partial charge in [-0.3, -0.25) is 4.79 Å². The summed E-state index contributed by atoms with van der Waals surface area (Å²) < 4.78 is 0. The SMILES string of the molecule is Cl.O=C(CC1CCNC1)NC1CCc2ccccc21. The number of carbonyl (C=O) groups is 1. The lowest BCUT2D eigenvalue weighted by Crippen LogP contribution is -2.29. The molecule has 104 valence electrons. The molecule has 2 aliphatic rings. The molecule has 0 spiro atoms. The molecule has 1 saturated heterocycles. The van der Waals surface area contributed by atoms with E-state index in [0.29, 0.717) is 12.3 Å². The molecular formula is C15H21ClN2O. The van der Waals surface area contributed by atoms with Gasteiger partial charge in [-0.25, -0.2) is 0 Å². The van der Waals surface area contributed by atoms with Crippen molar-refractivity contribution in [3.05, 3.63) is 35.4 Å². The van der Waals surface area contributed by atoms with Crippen molar-refractivity contribution < 1.29 is 4.79 Å². The first-order valence-electron chi connectivity index (χ1n) is 6.91. The molecular weight excluding hydrogens is 260 g/mol. The Morgan fingerprint density at radius 3 is 2.95 bits per heavy atom. The van der Waals surface area contributed by atoms with E-state index in [1.54, 1.807) is 0 Å². The minimum Gasteiger partial charge on any atom is -0.349 e. The van der Waals surface area contributed by atoms with E-state index in [4.69, 9.17) is 0 Å². The van der Waals surface area contributed by atoms with Crippen molar-refractivity contribution >= 4 is 18.3 Å². The average molecular weight is 281 g/mol. The Morgan fingerprint density at radius 1 is 1.32 bits per heavy atom. The van der Waals surface area contributed by atoms with Gasteiger partial charge in [0.1, 0.15) is 0 Å². The molecule has 2 unspecified atom stereocenters. The second-order valence-corrected chi connectivity index (χ2v) is 5.42. The second-order valence-electron chi connectivity index (χ2n) is 5.42. The van der Waals surface area contributed by atoms with Crippen molar-refractivity contribution in [2.75, 3.05) is 13.1 Å². The minimum absolute atomic E-state index is 0. The first kappa shape index (κ1) is 14.4. The summed E-state index contributed by atoms with van der Waals surface area (Å²) in [4.78, 5) is 12.0. The highest BCUT2D eigenvalue weighted by atomic mass is 35.5. The third-order valence-corrected chi connectivity index (χ3v) is 4.10. The molecule has 1 fully saturated rings. The molecule has 0 saturated carbocycles. The standard InChI is InChI=1S/C15H20N2O.ClH/c18-15(9-11-7-8-16-10-11)17-14-6-5-12-3-1-2-4-13(12)14;/h1-4,11,14,16H,5-10H2,(H,17,18);1H. The molecule has 0 aromatic heterocycles. The number of carbonyl (C=O) groups excluding carboxylic acids is 1. The fraction of sp³-hybridized carbons (Fsp3) is 0.533. The Kier molecular flexibility index (Phi) is 4.83. The molecule has 1 amide bonds. The first-order valence-corrected chi connectivity index (χ1v) is 6.91. The number of aryl methyl sites for hydroxylation is 1. The van der Waals surface area contributed by atoms with Crippen molar-refractivity contribution in [3.8, 4) is 0 Å². The van der Waals surface area contributed by atoms with Crippen molar-refractivity contribution in [2.24, 2.45) is 5.92 Å². The first-order chi connectivity index (χ1) is 8.83. The smallest absolute Gasteiger partial charge is 0.220 e. The number of amides is 1. The molecule has 19 heavy (non-hydrogen) atoms. The maximum Gasteiger partial charge on any atom is 0.220 e. The summed E-state index contributed by atoms with van der Waals surface area (Å²) in [5.41, 5.74) is 2.71. The van der Waals surface area contributed by atoms with Gasteiger partial charge in [-0.2, -0.15) is 0 Å². The maximum absolute atomic E-state index is 12.0.